The highest BCUT2D eigenvalue weighted by Crippen LogP contribution is 2.30. The molecule has 1 N–H and O–H groups in total. The number of carbonyl (C=O) groups is 4. The maximum Gasteiger partial charge on any atom is 0.257 e. The molecule has 3 heterocycles. The quantitative estimate of drug-likeness (QED) is 0.322. The van der Waals surface area contributed by atoms with Crippen molar-refractivity contribution < 1.29 is 28.3 Å². The number of hydrogen-bond acceptors (Lipinski definition) is 7. The lowest BCUT2D eigenvalue weighted by atomic mass is 9.88. The lowest BCUT2D eigenvalue weighted by molar-refractivity contribution is -0.133. The third-order valence-electron chi connectivity index (χ3n) is 10.1. The molecular weight excluding hydrogens is 619 g/mol. The molecule has 3 aliphatic rings. The molecule has 2 aromatic carbocycles. The lowest BCUT2D eigenvalue weighted by Gasteiger charge is -2.37. The Labute approximate surface area is 279 Å². The van der Waals surface area contributed by atoms with Crippen molar-refractivity contribution in [1.29, 1.82) is 0 Å². The first-order valence-electron chi connectivity index (χ1n) is 16.6. The SMILES string of the molecule is CC(=O)N1CCN([C@H]2C[C@@H](COC3CCC(C=O)CC3)N(C(=O)Cc3cc(C)c(NC(=O)c4csc5ccccc45)cc3F)C2)CC1. The van der Waals surface area contributed by atoms with E-state index in [1.807, 2.05) is 39.4 Å². The number of carbonyl (C=O) groups excluding carboxylic acids is 4. The highest BCUT2D eigenvalue weighted by Gasteiger charge is 2.39. The first-order chi connectivity index (χ1) is 22.7. The predicted octanol–water partition coefficient (Wildman–Crippen LogP) is 5.05. The Morgan fingerprint density at radius 3 is 2.53 bits per heavy atom. The van der Waals surface area contributed by atoms with Gasteiger partial charge in [0.2, 0.25) is 11.8 Å². The molecule has 11 heteroatoms. The number of benzene rings is 2. The van der Waals surface area contributed by atoms with Crippen LogP contribution in [0, 0.1) is 18.7 Å². The number of nitrogens with one attached hydrogen (secondary N) is 1. The first-order valence-corrected chi connectivity index (χ1v) is 17.5. The predicted molar refractivity (Wildman–Crippen MR) is 180 cm³/mol. The third-order valence-corrected chi connectivity index (χ3v) is 11.1. The van der Waals surface area contributed by atoms with Crippen molar-refractivity contribution in [2.24, 2.45) is 5.92 Å². The Kier molecular flexibility index (Phi) is 10.3. The summed E-state index contributed by atoms with van der Waals surface area (Å²) < 4.78 is 22.9. The Morgan fingerprint density at radius 1 is 1.06 bits per heavy atom. The molecule has 3 amide bonds. The molecule has 6 rings (SSSR count). The Morgan fingerprint density at radius 2 is 1.81 bits per heavy atom. The molecule has 3 fully saturated rings. The Balaban J connectivity index is 1.13. The van der Waals surface area contributed by atoms with Gasteiger partial charge in [0.15, 0.2) is 0 Å². The van der Waals surface area contributed by atoms with Gasteiger partial charge < -0.3 is 24.6 Å². The monoisotopic (exact) mass is 662 g/mol. The van der Waals surface area contributed by atoms with Crippen molar-refractivity contribution >= 4 is 51.1 Å². The fourth-order valence-electron chi connectivity index (χ4n) is 7.28. The van der Waals surface area contributed by atoms with Gasteiger partial charge in [0, 0.05) is 72.8 Å². The van der Waals surface area contributed by atoms with E-state index in [0.29, 0.717) is 43.1 Å². The summed E-state index contributed by atoms with van der Waals surface area (Å²) in [5.74, 6) is -0.820. The summed E-state index contributed by atoms with van der Waals surface area (Å²) in [6.45, 7) is 7.14. The van der Waals surface area contributed by atoms with Crippen molar-refractivity contribution in [2.45, 2.75) is 70.6 Å². The van der Waals surface area contributed by atoms with Gasteiger partial charge in [-0.15, -0.1) is 11.3 Å². The van der Waals surface area contributed by atoms with E-state index in [9.17, 15) is 19.2 Å². The van der Waals surface area contributed by atoms with Crippen LogP contribution in [0.2, 0.25) is 0 Å². The van der Waals surface area contributed by atoms with Gasteiger partial charge in [-0.3, -0.25) is 19.3 Å². The number of amides is 3. The summed E-state index contributed by atoms with van der Waals surface area (Å²) in [5.41, 5.74) is 1.88. The molecular formula is C36H43FN4O5S. The fraction of sp³-hybridized carbons (Fsp3) is 0.500. The second-order valence-corrected chi connectivity index (χ2v) is 14.1. The zero-order valence-corrected chi connectivity index (χ0v) is 27.9. The van der Waals surface area contributed by atoms with Gasteiger partial charge in [0.05, 0.1) is 30.7 Å². The van der Waals surface area contributed by atoms with Gasteiger partial charge in [-0.25, -0.2) is 4.39 Å². The van der Waals surface area contributed by atoms with Crippen LogP contribution in [0.1, 0.15) is 60.5 Å². The standard InChI is InChI=1S/C36H43FN4O5S/c1-23-15-26(32(37)18-33(23)38-36(45)31-22-47-34-6-4-3-5-30(31)34)16-35(44)41-19-27(40-13-11-39(12-14-40)24(2)43)17-28(41)21-46-29-9-7-25(20-42)8-10-29/h3-6,15,18,20,22,25,27-29H,7-14,16-17,19,21H2,1-2H3,(H,38,45)/t25?,27-,28-,29?/m0/s1. The van der Waals surface area contributed by atoms with Crippen LogP contribution in [-0.2, 0) is 25.5 Å². The number of thiophene rings is 1. The van der Waals surface area contributed by atoms with Gasteiger partial charge in [-0.1, -0.05) is 24.3 Å². The summed E-state index contributed by atoms with van der Waals surface area (Å²) in [4.78, 5) is 56.1. The van der Waals surface area contributed by atoms with Crippen LogP contribution in [0.4, 0.5) is 10.1 Å². The Bertz CT molecular complexity index is 1630. The summed E-state index contributed by atoms with van der Waals surface area (Å²) in [7, 11) is 0. The van der Waals surface area contributed by atoms with Crippen molar-refractivity contribution in [1.82, 2.24) is 14.7 Å². The number of piperazine rings is 1. The molecule has 1 aromatic heterocycles. The van der Waals surface area contributed by atoms with E-state index in [2.05, 4.69) is 10.2 Å². The van der Waals surface area contributed by atoms with Crippen LogP contribution in [0.25, 0.3) is 10.1 Å². The second kappa shape index (κ2) is 14.6. The fourth-order valence-corrected chi connectivity index (χ4v) is 8.22. The number of aldehydes is 1. The van der Waals surface area contributed by atoms with Crippen LogP contribution in [0.5, 0.6) is 0 Å². The van der Waals surface area contributed by atoms with Crippen LogP contribution < -0.4 is 5.32 Å². The van der Waals surface area contributed by atoms with Crippen molar-refractivity contribution in [3.63, 3.8) is 0 Å². The van der Waals surface area contributed by atoms with Crippen molar-refractivity contribution in [3.8, 4) is 0 Å². The lowest BCUT2D eigenvalue weighted by Crippen LogP contribution is -2.52. The van der Waals surface area contributed by atoms with E-state index in [0.717, 1.165) is 61.6 Å². The number of likely N-dealkylation sites (tertiary alicyclic amines) is 1. The van der Waals surface area contributed by atoms with E-state index < -0.39 is 5.82 Å². The number of nitrogens with zero attached hydrogens (tertiary/aromatic N) is 3. The number of anilines is 1. The molecule has 3 aromatic rings. The molecule has 1 aliphatic carbocycles. The van der Waals surface area contributed by atoms with Crippen LogP contribution >= 0.6 is 11.3 Å². The summed E-state index contributed by atoms with van der Waals surface area (Å²) >= 11 is 1.49. The minimum Gasteiger partial charge on any atom is -0.376 e. The first kappa shape index (κ1) is 33.2. The molecule has 2 atom stereocenters. The highest BCUT2D eigenvalue weighted by atomic mass is 32.1. The van der Waals surface area contributed by atoms with Gasteiger partial charge in [0.25, 0.3) is 5.91 Å². The molecule has 2 saturated heterocycles. The van der Waals surface area contributed by atoms with E-state index in [4.69, 9.17) is 4.74 Å². The molecule has 0 radical (unpaired) electrons. The smallest absolute Gasteiger partial charge is 0.257 e. The minimum atomic E-state index is -0.537. The van der Waals surface area contributed by atoms with Gasteiger partial charge in [-0.05, 0) is 62.3 Å². The van der Waals surface area contributed by atoms with E-state index in [1.54, 1.807) is 19.9 Å². The van der Waals surface area contributed by atoms with Crippen molar-refractivity contribution in [3.05, 3.63) is 64.3 Å². The number of rotatable bonds is 9. The van der Waals surface area contributed by atoms with Gasteiger partial charge >= 0.3 is 0 Å². The molecule has 0 unspecified atom stereocenters. The third kappa shape index (κ3) is 7.58. The number of ether oxygens (including phenoxy) is 1. The van der Waals surface area contributed by atoms with E-state index in [-0.39, 0.29) is 53.8 Å². The van der Waals surface area contributed by atoms with Gasteiger partial charge in [-0.2, -0.15) is 0 Å². The zero-order chi connectivity index (χ0) is 33.1. The second-order valence-electron chi connectivity index (χ2n) is 13.2. The van der Waals surface area contributed by atoms with Crippen LogP contribution in [0.3, 0.4) is 0 Å². The maximum atomic E-state index is 15.5. The summed E-state index contributed by atoms with van der Waals surface area (Å²) in [6.07, 6.45) is 5.06. The average molecular weight is 663 g/mol. The minimum absolute atomic E-state index is 0.0660. The van der Waals surface area contributed by atoms with Crippen LogP contribution in [0.15, 0.2) is 41.8 Å². The maximum absolute atomic E-state index is 15.5. The van der Waals surface area contributed by atoms with Gasteiger partial charge in [0.1, 0.15) is 12.1 Å². The van der Waals surface area contributed by atoms with Crippen molar-refractivity contribution in [2.75, 3.05) is 44.6 Å². The molecule has 9 nitrogen and oxygen atoms in total. The molecule has 47 heavy (non-hydrogen) atoms. The molecule has 250 valence electrons. The number of aryl methyl sites for hydroxylation is 1. The highest BCUT2D eigenvalue weighted by molar-refractivity contribution is 7.17. The number of hydrogen-bond donors (Lipinski definition) is 1. The van der Waals surface area contributed by atoms with Crippen LogP contribution in [-0.4, -0.2) is 96.2 Å². The molecule has 1 saturated carbocycles. The van der Waals surface area contributed by atoms with E-state index >= 15 is 4.39 Å². The molecule has 0 spiro atoms. The average Bonchev–Trinajstić information content (AvgIpc) is 3.71. The number of fused-ring (bicyclic) bond motifs is 1. The summed E-state index contributed by atoms with van der Waals surface area (Å²) in [5, 5.41) is 5.52. The van der Waals surface area contributed by atoms with E-state index in [1.165, 1.54) is 17.4 Å². The number of halogens is 1. The summed E-state index contributed by atoms with van der Waals surface area (Å²) in [6, 6.07) is 10.6. The Hall–Kier alpha value is -3.67. The topological polar surface area (TPSA) is 99.3 Å². The normalized spacial score (nSPS) is 23.6. The molecule has 0 bridgehead atoms. The molecule has 2 aliphatic heterocycles. The zero-order valence-electron chi connectivity index (χ0n) is 27.1. The largest absolute Gasteiger partial charge is 0.376 e.